The van der Waals surface area contributed by atoms with Gasteiger partial charge in [-0.2, -0.15) is 10.1 Å². The normalized spacial score (nSPS) is 15.3. The number of methoxy groups -OCH3 is 1. The standard InChI is InChI=1S/C16H20ClN5O2/c1-22-16(19-14(21-22)10-5-7-18-8-6-10)20-15(23)11-3-4-12(17)13(9-11)24-2/h3-4,9-10,18H,5-8H2,1-2H3,(H,19,20,21,23). The molecule has 1 saturated heterocycles. The summed E-state index contributed by atoms with van der Waals surface area (Å²) < 4.78 is 6.74. The van der Waals surface area contributed by atoms with E-state index in [4.69, 9.17) is 16.3 Å². The summed E-state index contributed by atoms with van der Waals surface area (Å²) in [6, 6.07) is 4.87. The lowest BCUT2D eigenvalue weighted by Gasteiger charge is -2.19. The second kappa shape index (κ2) is 7.19. The molecule has 7 nitrogen and oxygen atoms in total. The largest absolute Gasteiger partial charge is 0.495 e. The van der Waals surface area contributed by atoms with E-state index in [-0.39, 0.29) is 5.91 Å². The molecule has 1 aromatic carbocycles. The summed E-state index contributed by atoms with van der Waals surface area (Å²) in [7, 11) is 3.28. The van der Waals surface area contributed by atoms with E-state index in [0.717, 1.165) is 31.8 Å². The van der Waals surface area contributed by atoms with Gasteiger partial charge >= 0.3 is 0 Å². The molecule has 2 N–H and O–H groups in total. The van der Waals surface area contributed by atoms with Crippen molar-refractivity contribution in [2.45, 2.75) is 18.8 Å². The smallest absolute Gasteiger partial charge is 0.258 e. The highest BCUT2D eigenvalue weighted by Crippen LogP contribution is 2.26. The number of carbonyl (C=O) groups excluding carboxylic acids is 1. The summed E-state index contributed by atoms with van der Waals surface area (Å²) in [6.45, 7) is 1.93. The summed E-state index contributed by atoms with van der Waals surface area (Å²) in [5.41, 5.74) is 0.447. The highest BCUT2D eigenvalue weighted by atomic mass is 35.5. The van der Waals surface area contributed by atoms with Crippen molar-refractivity contribution < 1.29 is 9.53 Å². The van der Waals surface area contributed by atoms with Gasteiger partial charge in [0, 0.05) is 18.5 Å². The van der Waals surface area contributed by atoms with Gasteiger partial charge in [-0.1, -0.05) is 11.6 Å². The van der Waals surface area contributed by atoms with Crippen LogP contribution in [0.2, 0.25) is 5.02 Å². The van der Waals surface area contributed by atoms with Crippen molar-refractivity contribution in [2.24, 2.45) is 7.05 Å². The van der Waals surface area contributed by atoms with Gasteiger partial charge in [-0.3, -0.25) is 10.1 Å². The number of anilines is 1. The van der Waals surface area contributed by atoms with Crippen LogP contribution >= 0.6 is 11.6 Å². The number of amides is 1. The molecule has 0 saturated carbocycles. The summed E-state index contributed by atoms with van der Waals surface area (Å²) in [5.74, 6) is 1.72. The van der Waals surface area contributed by atoms with Crippen LogP contribution in [-0.4, -0.2) is 40.9 Å². The molecule has 2 heterocycles. The van der Waals surface area contributed by atoms with Gasteiger partial charge in [0.15, 0.2) is 5.82 Å². The number of ether oxygens (including phenoxy) is 1. The van der Waals surface area contributed by atoms with Gasteiger partial charge in [-0.15, -0.1) is 0 Å². The summed E-state index contributed by atoms with van der Waals surface area (Å²) in [4.78, 5) is 16.9. The van der Waals surface area contributed by atoms with Crippen LogP contribution in [0.4, 0.5) is 5.95 Å². The van der Waals surface area contributed by atoms with Crippen LogP contribution in [0.1, 0.15) is 34.9 Å². The second-order valence-electron chi connectivity index (χ2n) is 5.74. The maximum Gasteiger partial charge on any atom is 0.258 e. The number of rotatable bonds is 4. The van der Waals surface area contributed by atoms with Gasteiger partial charge in [-0.05, 0) is 44.1 Å². The van der Waals surface area contributed by atoms with Gasteiger partial charge in [0.2, 0.25) is 5.95 Å². The molecule has 3 rings (SSSR count). The zero-order chi connectivity index (χ0) is 17.1. The number of aryl methyl sites for hydroxylation is 1. The molecule has 1 aliphatic heterocycles. The van der Waals surface area contributed by atoms with E-state index in [9.17, 15) is 4.79 Å². The topological polar surface area (TPSA) is 81.1 Å². The Morgan fingerprint density at radius 2 is 2.17 bits per heavy atom. The fourth-order valence-electron chi connectivity index (χ4n) is 2.74. The van der Waals surface area contributed by atoms with E-state index >= 15 is 0 Å². The zero-order valence-corrected chi connectivity index (χ0v) is 14.4. The molecular formula is C16H20ClN5O2. The Balaban J connectivity index is 1.75. The third kappa shape index (κ3) is 3.52. The van der Waals surface area contributed by atoms with Crippen molar-refractivity contribution in [3.8, 4) is 5.75 Å². The Bertz CT molecular complexity index is 740. The lowest BCUT2D eigenvalue weighted by molar-refractivity contribution is 0.102. The Morgan fingerprint density at radius 1 is 1.42 bits per heavy atom. The quantitative estimate of drug-likeness (QED) is 0.884. The van der Waals surface area contributed by atoms with Crippen LogP contribution in [0, 0.1) is 0 Å². The number of carbonyl (C=O) groups is 1. The molecule has 0 aliphatic carbocycles. The van der Waals surface area contributed by atoms with Gasteiger partial charge in [0.1, 0.15) is 5.75 Å². The molecule has 0 unspecified atom stereocenters. The minimum Gasteiger partial charge on any atom is -0.495 e. The maximum atomic E-state index is 12.4. The zero-order valence-electron chi connectivity index (χ0n) is 13.7. The Morgan fingerprint density at radius 3 is 2.88 bits per heavy atom. The molecule has 0 atom stereocenters. The van der Waals surface area contributed by atoms with Crippen molar-refractivity contribution in [2.75, 3.05) is 25.5 Å². The molecule has 0 bridgehead atoms. The molecule has 0 spiro atoms. The number of nitrogens with zero attached hydrogens (tertiary/aromatic N) is 3. The number of hydrogen-bond donors (Lipinski definition) is 2. The highest BCUT2D eigenvalue weighted by Gasteiger charge is 2.21. The maximum absolute atomic E-state index is 12.4. The Hall–Kier alpha value is -2.12. The van der Waals surface area contributed by atoms with Crippen molar-refractivity contribution in [3.63, 3.8) is 0 Å². The fourth-order valence-corrected chi connectivity index (χ4v) is 2.94. The molecule has 128 valence electrons. The van der Waals surface area contributed by atoms with Gasteiger partial charge in [0.25, 0.3) is 5.91 Å². The first-order valence-corrected chi connectivity index (χ1v) is 8.23. The number of hydrogen-bond acceptors (Lipinski definition) is 5. The summed E-state index contributed by atoms with van der Waals surface area (Å²) >= 11 is 5.99. The minimum atomic E-state index is -0.280. The number of halogens is 1. The third-order valence-corrected chi connectivity index (χ3v) is 4.43. The van der Waals surface area contributed by atoms with Gasteiger partial charge in [-0.25, -0.2) is 4.68 Å². The van der Waals surface area contributed by atoms with Gasteiger partial charge < -0.3 is 10.1 Å². The first kappa shape index (κ1) is 16.7. The molecule has 2 aromatic rings. The molecule has 1 fully saturated rings. The van der Waals surface area contributed by atoms with Crippen molar-refractivity contribution in [1.82, 2.24) is 20.1 Å². The van der Waals surface area contributed by atoms with Crippen LogP contribution in [0.15, 0.2) is 18.2 Å². The molecular weight excluding hydrogens is 330 g/mol. The minimum absolute atomic E-state index is 0.280. The lowest BCUT2D eigenvalue weighted by Crippen LogP contribution is -2.27. The van der Waals surface area contributed by atoms with Crippen molar-refractivity contribution in [3.05, 3.63) is 34.6 Å². The second-order valence-corrected chi connectivity index (χ2v) is 6.15. The average molecular weight is 350 g/mol. The molecule has 0 radical (unpaired) electrons. The predicted molar refractivity (Wildman–Crippen MR) is 91.8 cm³/mol. The molecule has 8 heteroatoms. The number of nitrogens with one attached hydrogen (secondary N) is 2. The first-order chi connectivity index (χ1) is 11.6. The van der Waals surface area contributed by atoms with Crippen LogP contribution in [0.5, 0.6) is 5.75 Å². The van der Waals surface area contributed by atoms with E-state index in [1.54, 1.807) is 29.9 Å². The number of benzene rings is 1. The van der Waals surface area contributed by atoms with Gasteiger partial charge in [0.05, 0.1) is 12.1 Å². The number of piperidine rings is 1. The molecule has 1 aromatic heterocycles. The lowest BCUT2D eigenvalue weighted by atomic mass is 9.98. The van der Waals surface area contributed by atoms with Crippen LogP contribution < -0.4 is 15.4 Å². The molecule has 1 aliphatic rings. The average Bonchev–Trinajstić information content (AvgIpc) is 2.97. The third-order valence-electron chi connectivity index (χ3n) is 4.12. The van der Waals surface area contributed by atoms with Crippen LogP contribution in [0.3, 0.4) is 0 Å². The summed E-state index contributed by atoms with van der Waals surface area (Å²) in [5, 5.41) is 11.0. The van der Waals surface area contributed by atoms with Crippen molar-refractivity contribution >= 4 is 23.5 Å². The highest BCUT2D eigenvalue weighted by molar-refractivity contribution is 6.32. The number of aromatic nitrogens is 3. The SMILES string of the molecule is COc1cc(C(=O)Nc2nc(C3CCNCC3)nn2C)ccc1Cl. The van der Waals surface area contributed by atoms with E-state index in [2.05, 4.69) is 20.7 Å². The fraction of sp³-hybridized carbons (Fsp3) is 0.438. The Kier molecular flexibility index (Phi) is 5.01. The van der Waals surface area contributed by atoms with Crippen LogP contribution in [0.25, 0.3) is 0 Å². The Labute approximate surface area is 145 Å². The van der Waals surface area contributed by atoms with E-state index in [1.165, 1.54) is 7.11 Å². The van der Waals surface area contributed by atoms with Crippen molar-refractivity contribution in [1.29, 1.82) is 0 Å². The molecule has 24 heavy (non-hydrogen) atoms. The van der Waals surface area contributed by atoms with E-state index < -0.39 is 0 Å². The van der Waals surface area contributed by atoms with Crippen LogP contribution in [-0.2, 0) is 7.05 Å². The first-order valence-electron chi connectivity index (χ1n) is 7.85. The van der Waals surface area contributed by atoms with E-state index in [1.807, 2.05) is 0 Å². The predicted octanol–water partition coefficient (Wildman–Crippen LogP) is 2.20. The summed E-state index contributed by atoms with van der Waals surface area (Å²) in [6.07, 6.45) is 2.01. The molecule has 1 amide bonds. The monoisotopic (exact) mass is 349 g/mol. The van der Waals surface area contributed by atoms with E-state index in [0.29, 0.717) is 28.2 Å².